The molecule has 2 rings (SSSR count). The minimum Gasteiger partial charge on any atom is -0.478 e. The Morgan fingerprint density at radius 3 is 2.33 bits per heavy atom. The zero-order chi connectivity index (χ0) is 15.7. The molecule has 1 aromatic heterocycles. The Morgan fingerprint density at radius 1 is 1.14 bits per heavy atom. The number of aromatic carboxylic acids is 1. The summed E-state index contributed by atoms with van der Waals surface area (Å²) in [4.78, 5) is 23.5. The molecule has 4 nitrogen and oxygen atoms in total. The summed E-state index contributed by atoms with van der Waals surface area (Å²) in [6.45, 7) is 0. The number of amides is 1. The van der Waals surface area contributed by atoms with Crippen molar-refractivity contribution in [2.45, 2.75) is 0 Å². The van der Waals surface area contributed by atoms with Gasteiger partial charge in [-0.05, 0) is 34.1 Å². The number of hydrogen-bond donors (Lipinski definition) is 2. The molecule has 0 aliphatic carbocycles. The van der Waals surface area contributed by atoms with Crippen LogP contribution in [-0.4, -0.2) is 17.0 Å². The van der Waals surface area contributed by atoms with Crippen molar-refractivity contribution in [3.8, 4) is 0 Å². The third-order valence-corrected chi connectivity index (χ3v) is 5.00. The van der Waals surface area contributed by atoms with Crippen LogP contribution in [0.15, 0.2) is 27.1 Å². The molecule has 9 heteroatoms. The number of anilines is 1. The molecule has 0 radical (unpaired) electrons. The van der Waals surface area contributed by atoms with Gasteiger partial charge in [0.25, 0.3) is 5.91 Å². The molecule has 0 bridgehead atoms. The van der Waals surface area contributed by atoms with Crippen LogP contribution in [0, 0.1) is 0 Å². The van der Waals surface area contributed by atoms with Crippen LogP contribution in [0.25, 0.3) is 0 Å². The monoisotopic (exact) mass is 471 g/mol. The summed E-state index contributed by atoms with van der Waals surface area (Å²) in [7, 11) is 0. The van der Waals surface area contributed by atoms with Crippen LogP contribution in [0.3, 0.4) is 0 Å². The Hall–Kier alpha value is -0.600. The van der Waals surface area contributed by atoms with E-state index in [0.717, 1.165) is 11.3 Å². The first-order valence-corrected chi connectivity index (χ1v) is 8.44. The van der Waals surface area contributed by atoms with Crippen molar-refractivity contribution < 1.29 is 14.7 Å². The van der Waals surface area contributed by atoms with Crippen LogP contribution in [0.5, 0.6) is 0 Å². The van der Waals surface area contributed by atoms with Crippen molar-refractivity contribution in [2.24, 2.45) is 0 Å². The SMILES string of the molecule is O=C(Nc1c(Br)cc(Br)cc1C(=O)O)c1cc(Cl)sc1Cl. The maximum absolute atomic E-state index is 12.2. The summed E-state index contributed by atoms with van der Waals surface area (Å²) >= 11 is 19.2. The van der Waals surface area contributed by atoms with Crippen molar-refractivity contribution in [2.75, 3.05) is 5.32 Å². The lowest BCUT2D eigenvalue weighted by Gasteiger charge is -2.11. The van der Waals surface area contributed by atoms with Crippen LogP contribution in [0.1, 0.15) is 20.7 Å². The second-order valence-corrected chi connectivity index (χ2v) is 7.86. The number of nitrogens with one attached hydrogen (secondary N) is 1. The zero-order valence-electron chi connectivity index (χ0n) is 9.92. The van der Waals surface area contributed by atoms with E-state index in [1.54, 1.807) is 6.07 Å². The minimum absolute atomic E-state index is 0.0537. The third-order valence-electron chi connectivity index (χ3n) is 2.43. The molecule has 0 atom stereocenters. The Bertz CT molecular complexity index is 748. The predicted molar refractivity (Wildman–Crippen MR) is 91.1 cm³/mol. The van der Waals surface area contributed by atoms with Gasteiger partial charge in [-0.15, -0.1) is 11.3 Å². The van der Waals surface area contributed by atoms with Gasteiger partial charge in [-0.2, -0.15) is 0 Å². The second-order valence-electron chi connectivity index (χ2n) is 3.81. The number of rotatable bonds is 3. The van der Waals surface area contributed by atoms with Crippen LogP contribution in [-0.2, 0) is 0 Å². The topological polar surface area (TPSA) is 66.4 Å². The average Bonchev–Trinajstić information content (AvgIpc) is 2.71. The predicted octanol–water partition coefficient (Wildman–Crippen LogP) is 5.53. The van der Waals surface area contributed by atoms with Gasteiger partial charge in [0, 0.05) is 8.95 Å². The summed E-state index contributed by atoms with van der Waals surface area (Å²) in [6, 6.07) is 4.45. The highest BCUT2D eigenvalue weighted by Gasteiger charge is 2.20. The third kappa shape index (κ3) is 3.78. The molecule has 0 unspecified atom stereocenters. The lowest BCUT2D eigenvalue weighted by Crippen LogP contribution is -2.15. The molecule has 0 aliphatic rings. The quantitative estimate of drug-likeness (QED) is 0.616. The molecule has 0 aliphatic heterocycles. The van der Waals surface area contributed by atoms with E-state index >= 15 is 0 Å². The van der Waals surface area contributed by atoms with E-state index in [0.29, 0.717) is 13.3 Å². The first-order valence-electron chi connectivity index (χ1n) is 5.28. The zero-order valence-corrected chi connectivity index (χ0v) is 15.4. The molecule has 0 saturated carbocycles. The Morgan fingerprint density at radius 2 is 1.81 bits per heavy atom. The number of benzene rings is 1. The van der Waals surface area contributed by atoms with Crippen molar-refractivity contribution in [1.29, 1.82) is 0 Å². The molecule has 0 spiro atoms. The Balaban J connectivity index is 2.42. The molecule has 21 heavy (non-hydrogen) atoms. The average molecular weight is 474 g/mol. The maximum atomic E-state index is 12.2. The van der Waals surface area contributed by atoms with Crippen molar-refractivity contribution in [1.82, 2.24) is 0 Å². The molecule has 1 amide bonds. The van der Waals surface area contributed by atoms with Gasteiger partial charge in [0.1, 0.15) is 4.34 Å². The molecule has 2 N–H and O–H groups in total. The van der Waals surface area contributed by atoms with Crippen molar-refractivity contribution in [3.63, 3.8) is 0 Å². The van der Waals surface area contributed by atoms with Gasteiger partial charge in [-0.25, -0.2) is 4.79 Å². The van der Waals surface area contributed by atoms with Crippen LogP contribution in [0.4, 0.5) is 5.69 Å². The standard InChI is InChI=1S/C12H5Br2Cl2NO3S/c13-4-1-5(12(19)20)9(7(14)2-4)17-11(18)6-3-8(15)21-10(6)16/h1-3H,(H,17,18)(H,19,20). The molecular weight excluding hydrogens is 469 g/mol. The first-order chi connectivity index (χ1) is 9.79. The molecule has 1 heterocycles. The number of hydrogen-bond acceptors (Lipinski definition) is 3. The van der Waals surface area contributed by atoms with Gasteiger partial charge >= 0.3 is 5.97 Å². The van der Waals surface area contributed by atoms with Crippen LogP contribution in [0.2, 0.25) is 8.67 Å². The number of carbonyl (C=O) groups is 2. The van der Waals surface area contributed by atoms with Crippen molar-refractivity contribution in [3.05, 3.63) is 46.9 Å². The molecule has 1 aromatic carbocycles. The minimum atomic E-state index is -1.17. The lowest BCUT2D eigenvalue weighted by atomic mass is 10.1. The van der Waals surface area contributed by atoms with E-state index in [1.165, 1.54) is 12.1 Å². The molecule has 2 aromatic rings. The smallest absolute Gasteiger partial charge is 0.337 e. The highest BCUT2D eigenvalue weighted by Crippen LogP contribution is 2.34. The van der Waals surface area contributed by atoms with E-state index in [9.17, 15) is 14.7 Å². The van der Waals surface area contributed by atoms with E-state index in [-0.39, 0.29) is 21.2 Å². The summed E-state index contributed by atoms with van der Waals surface area (Å²) < 4.78 is 1.61. The normalized spacial score (nSPS) is 10.5. The summed E-state index contributed by atoms with van der Waals surface area (Å²) in [6.07, 6.45) is 0. The van der Waals surface area contributed by atoms with Gasteiger partial charge < -0.3 is 10.4 Å². The Labute approximate surface area is 150 Å². The van der Waals surface area contributed by atoms with Gasteiger partial charge in [0.2, 0.25) is 0 Å². The van der Waals surface area contributed by atoms with Gasteiger partial charge in [0.15, 0.2) is 0 Å². The summed E-state index contributed by atoms with van der Waals surface area (Å²) in [5, 5.41) is 11.8. The Kier molecular flexibility index (Phi) is 5.32. The number of halogens is 4. The lowest BCUT2D eigenvalue weighted by molar-refractivity contribution is 0.0698. The number of carboxylic acids is 1. The van der Waals surface area contributed by atoms with Gasteiger partial charge in [0.05, 0.1) is 21.2 Å². The van der Waals surface area contributed by atoms with E-state index < -0.39 is 11.9 Å². The number of carboxylic acid groups (broad SMARTS) is 1. The van der Waals surface area contributed by atoms with E-state index in [4.69, 9.17) is 23.2 Å². The molecular formula is C12H5Br2Cl2NO3S. The van der Waals surface area contributed by atoms with E-state index in [2.05, 4.69) is 37.2 Å². The molecule has 0 saturated heterocycles. The largest absolute Gasteiger partial charge is 0.478 e. The van der Waals surface area contributed by atoms with Crippen LogP contribution < -0.4 is 5.32 Å². The fourth-order valence-corrected chi connectivity index (χ4v) is 4.33. The summed E-state index contributed by atoms with van der Waals surface area (Å²) in [5.74, 6) is -1.70. The first kappa shape index (κ1) is 16.8. The summed E-state index contributed by atoms with van der Waals surface area (Å²) in [5.41, 5.74) is 0.286. The van der Waals surface area contributed by atoms with E-state index in [1.807, 2.05) is 0 Å². The number of thiophene rings is 1. The molecule has 110 valence electrons. The second kappa shape index (κ2) is 6.66. The highest BCUT2D eigenvalue weighted by molar-refractivity contribution is 9.11. The highest BCUT2D eigenvalue weighted by atomic mass is 79.9. The fraction of sp³-hybridized carbons (Fsp3) is 0. The molecule has 0 fully saturated rings. The maximum Gasteiger partial charge on any atom is 0.337 e. The van der Waals surface area contributed by atoms with Crippen LogP contribution >= 0.6 is 66.4 Å². The fourth-order valence-electron chi connectivity index (χ4n) is 1.55. The van der Waals surface area contributed by atoms with Gasteiger partial charge in [-0.3, -0.25) is 4.79 Å². The number of carbonyl (C=O) groups excluding carboxylic acids is 1. The van der Waals surface area contributed by atoms with Gasteiger partial charge in [-0.1, -0.05) is 39.1 Å². The van der Waals surface area contributed by atoms with Crippen molar-refractivity contribution >= 4 is 84.0 Å².